The van der Waals surface area contributed by atoms with Crippen LogP contribution in [0, 0.1) is 6.92 Å². The molecule has 0 saturated carbocycles. The van der Waals surface area contributed by atoms with Crippen molar-refractivity contribution < 1.29 is 0 Å². The highest BCUT2D eigenvalue weighted by atomic mass is 35.5. The lowest BCUT2D eigenvalue weighted by Gasteiger charge is -2.00. The fraction of sp³-hybridized carbons (Fsp3) is 0.0909. The first-order valence-electron chi connectivity index (χ1n) is 5.24. The van der Waals surface area contributed by atoms with E-state index in [0.29, 0.717) is 15.6 Å². The summed E-state index contributed by atoms with van der Waals surface area (Å²) in [6, 6.07) is 5.18. The van der Waals surface area contributed by atoms with Crippen LogP contribution < -0.4 is 11.0 Å². The molecule has 0 amide bonds. The maximum Gasteiger partial charge on any atom is 0.274 e. The Balaban J connectivity index is 2.13. The van der Waals surface area contributed by atoms with Gasteiger partial charge in [0.2, 0.25) is 5.95 Å². The van der Waals surface area contributed by atoms with Crippen LogP contribution in [0.2, 0.25) is 10.0 Å². The summed E-state index contributed by atoms with van der Waals surface area (Å²) in [7, 11) is 0. The van der Waals surface area contributed by atoms with Gasteiger partial charge in [-0.25, -0.2) is 5.43 Å². The van der Waals surface area contributed by atoms with E-state index in [1.54, 1.807) is 25.1 Å². The standard InChI is InChI=1S/C11H9Cl2N5O/c1-6-10(19)15-11(18-16-6)17-14-5-7-3-2-4-8(12)9(7)13/h2-5H,1H3,(H2,15,17,18,19)/b14-5-. The molecule has 2 N–H and O–H groups in total. The van der Waals surface area contributed by atoms with Crippen molar-refractivity contribution in [3.63, 3.8) is 0 Å². The van der Waals surface area contributed by atoms with Gasteiger partial charge in [-0.15, -0.1) is 10.2 Å². The van der Waals surface area contributed by atoms with Gasteiger partial charge in [-0.1, -0.05) is 35.3 Å². The van der Waals surface area contributed by atoms with Crippen molar-refractivity contribution in [2.45, 2.75) is 6.92 Å². The Morgan fingerprint density at radius 3 is 2.89 bits per heavy atom. The van der Waals surface area contributed by atoms with E-state index in [-0.39, 0.29) is 17.2 Å². The topological polar surface area (TPSA) is 83.0 Å². The minimum atomic E-state index is -0.325. The molecule has 8 heteroatoms. The van der Waals surface area contributed by atoms with Gasteiger partial charge in [0, 0.05) is 5.56 Å². The largest absolute Gasteiger partial charge is 0.288 e. The number of aromatic nitrogens is 3. The Hall–Kier alpha value is -1.92. The van der Waals surface area contributed by atoms with Crippen LogP contribution in [0.25, 0.3) is 0 Å². The van der Waals surface area contributed by atoms with Crippen LogP contribution in [-0.4, -0.2) is 21.4 Å². The Bertz CT molecular complexity index is 683. The number of rotatable bonds is 3. The summed E-state index contributed by atoms with van der Waals surface area (Å²) in [5.41, 5.74) is 3.15. The average Bonchev–Trinajstić information content (AvgIpc) is 2.39. The molecule has 19 heavy (non-hydrogen) atoms. The van der Waals surface area contributed by atoms with Crippen molar-refractivity contribution in [2.24, 2.45) is 5.10 Å². The van der Waals surface area contributed by atoms with E-state index in [1.165, 1.54) is 6.21 Å². The maximum atomic E-state index is 11.3. The molecule has 1 aromatic heterocycles. The predicted molar refractivity (Wildman–Crippen MR) is 75.1 cm³/mol. The zero-order chi connectivity index (χ0) is 13.8. The van der Waals surface area contributed by atoms with E-state index in [9.17, 15) is 4.79 Å². The lowest BCUT2D eigenvalue weighted by Crippen LogP contribution is -2.15. The van der Waals surface area contributed by atoms with Gasteiger partial charge in [0.1, 0.15) is 5.69 Å². The highest BCUT2D eigenvalue weighted by molar-refractivity contribution is 6.43. The van der Waals surface area contributed by atoms with E-state index in [2.05, 4.69) is 25.7 Å². The van der Waals surface area contributed by atoms with E-state index in [1.807, 2.05) is 0 Å². The van der Waals surface area contributed by atoms with Crippen molar-refractivity contribution in [3.05, 3.63) is 49.9 Å². The van der Waals surface area contributed by atoms with Crippen molar-refractivity contribution >= 4 is 35.4 Å². The molecule has 0 atom stereocenters. The number of halogens is 2. The molecule has 0 aliphatic carbocycles. The van der Waals surface area contributed by atoms with Crippen LogP contribution >= 0.6 is 23.2 Å². The molecule has 0 saturated heterocycles. The Kier molecular flexibility index (Phi) is 4.13. The molecule has 1 aromatic carbocycles. The molecule has 6 nitrogen and oxygen atoms in total. The number of nitrogens with one attached hydrogen (secondary N) is 2. The second-order valence-electron chi connectivity index (χ2n) is 3.60. The Morgan fingerprint density at radius 1 is 1.37 bits per heavy atom. The maximum absolute atomic E-state index is 11.3. The van der Waals surface area contributed by atoms with Gasteiger partial charge in [-0.3, -0.25) is 9.78 Å². The van der Waals surface area contributed by atoms with Gasteiger partial charge in [0.05, 0.1) is 16.3 Å². The molecule has 2 rings (SSSR count). The molecular weight excluding hydrogens is 289 g/mol. The zero-order valence-electron chi connectivity index (χ0n) is 9.82. The second kappa shape index (κ2) is 5.81. The van der Waals surface area contributed by atoms with Crippen LogP contribution in [0.1, 0.15) is 11.3 Å². The minimum absolute atomic E-state index is 0.144. The number of hydrazone groups is 1. The van der Waals surface area contributed by atoms with E-state index in [0.717, 1.165) is 0 Å². The molecule has 0 aliphatic heterocycles. The van der Waals surface area contributed by atoms with Gasteiger partial charge in [-0.05, 0) is 13.0 Å². The molecule has 0 bridgehead atoms. The van der Waals surface area contributed by atoms with Crippen LogP contribution in [0.3, 0.4) is 0 Å². The van der Waals surface area contributed by atoms with Crippen molar-refractivity contribution in [3.8, 4) is 0 Å². The van der Waals surface area contributed by atoms with Gasteiger partial charge in [0.25, 0.3) is 5.56 Å². The molecule has 0 radical (unpaired) electrons. The average molecular weight is 298 g/mol. The quantitative estimate of drug-likeness (QED) is 0.672. The predicted octanol–water partition coefficient (Wildman–Crippen LogP) is 2.23. The summed E-state index contributed by atoms with van der Waals surface area (Å²) < 4.78 is 0. The number of anilines is 1. The van der Waals surface area contributed by atoms with Crippen LogP contribution in [0.15, 0.2) is 28.1 Å². The fourth-order valence-corrected chi connectivity index (χ4v) is 1.58. The van der Waals surface area contributed by atoms with E-state index in [4.69, 9.17) is 23.2 Å². The molecule has 0 spiro atoms. The summed E-state index contributed by atoms with van der Waals surface area (Å²) in [5, 5.41) is 12.1. The Labute approximate surface area is 118 Å². The summed E-state index contributed by atoms with van der Waals surface area (Å²) in [6.07, 6.45) is 1.47. The molecule has 0 aliphatic rings. The van der Waals surface area contributed by atoms with Gasteiger partial charge < -0.3 is 0 Å². The molecule has 2 aromatic rings. The normalized spacial score (nSPS) is 10.9. The highest BCUT2D eigenvalue weighted by Gasteiger charge is 2.01. The lowest BCUT2D eigenvalue weighted by molar-refractivity contribution is 0.897. The SMILES string of the molecule is Cc1nnc(N/N=C\c2cccc(Cl)c2Cl)[nH]c1=O. The van der Waals surface area contributed by atoms with Crippen LogP contribution in [0.5, 0.6) is 0 Å². The first-order valence-corrected chi connectivity index (χ1v) is 6.00. The monoisotopic (exact) mass is 297 g/mol. The number of H-pyrrole nitrogens is 1. The lowest BCUT2D eigenvalue weighted by atomic mass is 10.2. The molecular formula is C11H9Cl2N5O. The second-order valence-corrected chi connectivity index (χ2v) is 4.39. The number of aromatic amines is 1. The third-order valence-corrected chi connectivity index (χ3v) is 3.05. The van der Waals surface area contributed by atoms with Crippen molar-refractivity contribution in [1.82, 2.24) is 15.2 Å². The zero-order valence-corrected chi connectivity index (χ0v) is 11.3. The summed E-state index contributed by atoms with van der Waals surface area (Å²) in [6.45, 7) is 1.56. The summed E-state index contributed by atoms with van der Waals surface area (Å²) in [5.74, 6) is 0.144. The number of benzene rings is 1. The van der Waals surface area contributed by atoms with E-state index < -0.39 is 0 Å². The third kappa shape index (κ3) is 3.30. The number of hydrogen-bond acceptors (Lipinski definition) is 5. The highest BCUT2D eigenvalue weighted by Crippen LogP contribution is 2.24. The first kappa shape index (κ1) is 13.5. The summed E-state index contributed by atoms with van der Waals surface area (Å²) in [4.78, 5) is 13.8. The Morgan fingerprint density at radius 2 is 2.16 bits per heavy atom. The van der Waals surface area contributed by atoms with Gasteiger partial charge >= 0.3 is 0 Å². The van der Waals surface area contributed by atoms with E-state index >= 15 is 0 Å². The summed E-state index contributed by atoms with van der Waals surface area (Å²) >= 11 is 11.8. The molecule has 98 valence electrons. The van der Waals surface area contributed by atoms with Gasteiger partial charge in [0.15, 0.2) is 0 Å². The minimum Gasteiger partial charge on any atom is -0.288 e. The molecule has 1 heterocycles. The fourth-order valence-electron chi connectivity index (χ4n) is 1.23. The van der Waals surface area contributed by atoms with Crippen molar-refractivity contribution in [2.75, 3.05) is 5.43 Å². The van der Waals surface area contributed by atoms with Crippen LogP contribution in [-0.2, 0) is 0 Å². The van der Waals surface area contributed by atoms with Crippen molar-refractivity contribution in [1.29, 1.82) is 0 Å². The molecule has 0 unspecified atom stereocenters. The molecule has 0 fully saturated rings. The number of hydrogen-bond donors (Lipinski definition) is 2. The smallest absolute Gasteiger partial charge is 0.274 e. The van der Waals surface area contributed by atoms with Gasteiger partial charge in [-0.2, -0.15) is 5.10 Å². The number of nitrogens with zero attached hydrogens (tertiary/aromatic N) is 3. The number of aryl methyl sites for hydroxylation is 1. The third-order valence-electron chi connectivity index (χ3n) is 2.22. The van der Waals surface area contributed by atoms with Crippen LogP contribution in [0.4, 0.5) is 5.95 Å². The first-order chi connectivity index (χ1) is 9.08.